The number of quaternary nitrogens is 1. The highest BCUT2D eigenvalue weighted by atomic mass is 127. The molecule has 0 amide bonds. The molecule has 24 heavy (non-hydrogen) atoms. The maximum absolute atomic E-state index is 11.0. The molecule has 0 spiro atoms. The van der Waals surface area contributed by atoms with Crippen LogP contribution < -0.4 is 15.2 Å². The van der Waals surface area contributed by atoms with Gasteiger partial charge in [0.25, 0.3) is 0 Å². The Hall–Kier alpha value is -0.520. The summed E-state index contributed by atoms with van der Waals surface area (Å²) in [4.78, 5) is 11.0. The molecule has 2 atom stereocenters. The standard InChI is InChI=1S/C17H15I2NO3S/c18-12-6-11(16-20-14(9-24-16)17(21)22)7-13(19)15(12)23-8-10-4-2-1-3-5-10/h1-7,14,16,20H,8-9H2,(H,21,22)/t14-,16+/m1/s1. The lowest BCUT2D eigenvalue weighted by molar-refractivity contribution is -0.690. The second-order valence-electron chi connectivity index (χ2n) is 5.46. The lowest BCUT2D eigenvalue weighted by atomic mass is 10.2. The first-order valence-corrected chi connectivity index (χ1v) is 10.6. The van der Waals surface area contributed by atoms with E-state index in [2.05, 4.69) is 57.3 Å². The molecule has 2 N–H and O–H groups in total. The van der Waals surface area contributed by atoms with Crippen LogP contribution in [0.25, 0.3) is 0 Å². The SMILES string of the molecule is O=C([O-])[C@H]1CS[C@@H](c2cc(I)c(OCc3ccccc3)c(I)c2)[NH2+]1. The molecule has 2 aromatic carbocycles. The van der Waals surface area contributed by atoms with Crippen molar-refractivity contribution in [2.24, 2.45) is 0 Å². The van der Waals surface area contributed by atoms with E-state index in [9.17, 15) is 9.90 Å². The first-order chi connectivity index (χ1) is 11.5. The predicted octanol–water partition coefficient (Wildman–Crippen LogP) is 1.90. The van der Waals surface area contributed by atoms with Crippen LogP contribution in [0.2, 0.25) is 0 Å². The number of carbonyl (C=O) groups is 1. The van der Waals surface area contributed by atoms with Gasteiger partial charge in [0.05, 0.1) is 12.9 Å². The van der Waals surface area contributed by atoms with Crippen LogP contribution in [0.1, 0.15) is 16.5 Å². The molecule has 0 aromatic heterocycles. The zero-order valence-corrected chi connectivity index (χ0v) is 17.7. The number of aliphatic carboxylic acids is 1. The Morgan fingerprint density at radius 1 is 1.25 bits per heavy atom. The lowest BCUT2D eigenvalue weighted by Crippen LogP contribution is -2.90. The molecule has 0 saturated carbocycles. The van der Waals surface area contributed by atoms with Crippen molar-refractivity contribution < 1.29 is 20.0 Å². The maximum atomic E-state index is 11.0. The molecule has 7 heteroatoms. The summed E-state index contributed by atoms with van der Waals surface area (Å²) in [5.74, 6) is 0.465. The number of carboxylic acid groups (broad SMARTS) is 1. The lowest BCUT2D eigenvalue weighted by Gasteiger charge is -2.15. The first kappa shape index (κ1) is 18.3. The minimum Gasteiger partial charge on any atom is -0.544 e. The smallest absolute Gasteiger partial charge is 0.159 e. The van der Waals surface area contributed by atoms with E-state index in [4.69, 9.17) is 4.74 Å². The molecule has 3 rings (SSSR count). The monoisotopic (exact) mass is 567 g/mol. The number of rotatable bonds is 5. The molecule has 1 saturated heterocycles. The third-order valence-corrected chi connectivity index (χ3v) is 6.68. The Morgan fingerprint density at radius 2 is 1.92 bits per heavy atom. The van der Waals surface area contributed by atoms with Gasteiger partial charge in [0.2, 0.25) is 0 Å². The number of carboxylic acids is 1. The Kier molecular flexibility index (Phi) is 6.27. The van der Waals surface area contributed by atoms with E-state index in [1.807, 2.05) is 35.6 Å². The topological polar surface area (TPSA) is 66.0 Å². The highest BCUT2D eigenvalue weighted by molar-refractivity contribution is 14.1. The van der Waals surface area contributed by atoms with Crippen molar-refractivity contribution in [2.75, 3.05) is 5.75 Å². The van der Waals surface area contributed by atoms with Crippen LogP contribution in [-0.4, -0.2) is 17.8 Å². The minimum atomic E-state index is -0.989. The van der Waals surface area contributed by atoms with Gasteiger partial charge in [-0.05, 0) is 62.9 Å². The van der Waals surface area contributed by atoms with Crippen LogP contribution >= 0.6 is 56.9 Å². The Morgan fingerprint density at radius 3 is 2.50 bits per heavy atom. The van der Waals surface area contributed by atoms with Crippen LogP contribution in [-0.2, 0) is 11.4 Å². The van der Waals surface area contributed by atoms with Crippen molar-refractivity contribution in [2.45, 2.75) is 18.0 Å². The Labute approximate surface area is 172 Å². The van der Waals surface area contributed by atoms with Gasteiger partial charge >= 0.3 is 0 Å². The van der Waals surface area contributed by atoms with Crippen LogP contribution in [0.5, 0.6) is 5.75 Å². The Balaban J connectivity index is 1.73. The normalized spacial score (nSPS) is 20.1. The number of ether oxygens (including phenoxy) is 1. The molecule has 4 nitrogen and oxygen atoms in total. The van der Waals surface area contributed by atoms with Gasteiger partial charge in [-0.15, -0.1) is 0 Å². The zero-order valence-electron chi connectivity index (χ0n) is 12.6. The summed E-state index contributed by atoms with van der Waals surface area (Å²) in [7, 11) is 0. The second-order valence-corrected chi connectivity index (χ2v) is 8.96. The number of halogens is 2. The molecule has 0 unspecified atom stereocenters. The summed E-state index contributed by atoms with van der Waals surface area (Å²) in [5.41, 5.74) is 2.24. The summed E-state index contributed by atoms with van der Waals surface area (Å²) in [6.45, 7) is 0.531. The van der Waals surface area contributed by atoms with E-state index in [0.717, 1.165) is 24.0 Å². The first-order valence-electron chi connectivity index (χ1n) is 7.37. The van der Waals surface area contributed by atoms with Gasteiger partial charge in [0, 0.05) is 5.56 Å². The summed E-state index contributed by atoms with van der Waals surface area (Å²) >= 11 is 6.20. The second kappa shape index (κ2) is 8.24. The van der Waals surface area contributed by atoms with E-state index in [1.54, 1.807) is 11.8 Å². The van der Waals surface area contributed by atoms with Gasteiger partial charge in [0.15, 0.2) is 5.37 Å². The zero-order chi connectivity index (χ0) is 17.1. The molecule has 1 aliphatic heterocycles. The maximum Gasteiger partial charge on any atom is 0.159 e. The molecule has 0 radical (unpaired) electrons. The fraction of sp³-hybridized carbons (Fsp3) is 0.235. The molecular formula is C17H15I2NO3S. The van der Waals surface area contributed by atoms with Crippen LogP contribution in [0.15, 0.2) is 42.5 Å². The van der Waals surface area contributed by atoms with E-state index in [1.165, 1.54) is 0 Å². The highest BCUT2D eigenvalue weighted by Crippen LogP contribution is 2.35. The number of hydrogen-bond acceptors (Lipinski definition) is 4. The van der Waals surface area contributed by atoms with Crippen LogP contribution in [0.3, 0.4) is 0 Å². The number of benzene rings is 2. The molecular weight excluding hydrogens is 552 g/mol. The predicted molar refractivity (Wildman–Crippen MR) is 109 cm³/mol. The molecule has 1 heterocycles. The Bertz CT molecular complexity index is 719. The number of nitrogens with two attached hydrogens (primary N) is 1. The fourth-order valence-electron chi connectivity index (χ4n) is 2.49. The molecule has 1 fully saturated rings. The van der Waals surface area contributed by atoms with Crippen LogP contribution in [0.4, 0.5) is 0 Å². The molecule has 1 aliphatic rings. The number of hydrogen-bond donors (Lipinski definition) is 1. The van der Waals surface area contributed by atoms with E-state index in [0.29, 0.717) is 12.4 Å². The average molecular weight is 567 g/mol. The summed E-state index contributed by atoms with van der Waals surface area (Å²) < 4.78 is 8.07. The van der Waals surface area contributed by atoms with Crippen molar-refractivity contribution in [3.63, 3.8) is 0 Å². The molecule has 2 aromatic rings. The number of carbonyl (C=O) groups excluding carboxylic acids is 1. The van der Waals surface area contributed by atoms with Gasteiger partial charge in [-0.3, -0.25) is 0 Å². The summed E-state index contributed by atoms with van der Waals surface area (Å²) in [6, 6.07) is 13.8. The van der Waals surface area contributed by atoms with Crippen LogP contribution in [0, 0.1) is 7.14 Å². The van der Waals surface area contributed by atoms with E-state index < -0.39 is 12.0 Å². The van der Waals surface area contributed by atoms with Crippen molar-refractivity contribution >= 4 is 62.9 Å². The summed E-state index contributed by atoms with van der Waals surface area (Å²) in [5, 5.41) is 13.0. The van der Waals surface area contributed by atoms with Crippen molar-refractivity contribution in [1.29, 1.82) is 0 Å². The fourth-order valence-corrected chi connectivity index (χ4v) is 5.91. The third-order valence-electron chi connectivity index (χ3n) is 3.74. The molecule has 126 valence electrons. The van der Waals surface area contributed by atoms with Crippen molar-refractivity contribution in [1.82, 2.24) is 0 Å². The quantitative estimate of drug-likeness (QED) is 0.562. The van der Waals surface area contributed by atoms with Crippen molar-refractivity contribution in [3.05, 3.63) is 60.7 Å². The van der Waals surface area contributed by atoms with Crippen molar-refractivity contribution in [3.8, 4) is 5.75 Å². The minimum absolute atomic E-state index is 0.0955. The summed E-state index contributed by atoms with van der Waals surface area (Å²) in [6.07, 6.45) is 0. The largest absolute Gasteiger partial charge is 0.544 e. The number of thioether (sulfide) groups is 1. The van der Waals surface area contributed by atoms with Gasteiger partial charge in [0.1, 0.15) is 24.4 Å². The van der Waals surface area contributed by atoms with E-state index >= 15 is 0 Å². The van der Waals surface area contributed by atoms with Gasteiger partial charge in [-0.1, -0.05) is 42.1 Å². The third kappa shape index (κ3) is 4.36. The van der Waals surface area contributed by atoms with Gasteiger partial charge in [-0.25, -0.2) is 0 Å². The van der Waals surface area contributed by atoms with Gasteiger partial charge in [-0.2, -0.15) is 0 Å². The van der Waals surface area contributed by atoms with E-state index in [-0.39, 0.29) is 5.37 Å². The average Bonchev–Trinajstić information content (AvgIpc) is 3.05. The molecule has 0 aliphatic carbocycles. The highest BCUT2D eigenvalue weighted by Gasteiger charge is 2.31. The molecule has 0 bridgehead atoms. The van der Waals surface area contributed by atoms with Gasteiger partial charge < -0.3 is 20.0 Å².